The van der Waals surface area contributed by atoms with Gasteiger partial charge in [0.15, 0.2) is 5.65 Å². The lowest BCUT2D eigenvalue weighted by Crippen LogP contribution is -2.32. The van der Waals surface area contributed by atoms with Gasteiger partial charge in [-0.3, -0.25) is 19.1 Å². The van der Waals surface area contributed by atoms with Gasteiger partial charge in [0.05, 0.1) is 18.3 Å². The first-order valence-electron chi connectivity index (χ1n) is 10.2. The number of fused-ring (bicyclic) bond motifs is 1. The van der Waals surface area contributed by atoms with Crippen molar-refractivity contribution < 1.29 is 4.79 Å². The number of anilines is 1. The fourth-order valence-electron chi connectivity index (χ4n) is 4.68. The minimum Gasteiger partial charge on any atom is -0.295 e. The number of carbonyl (C=O) groups excluding carboxylic acids is 1. The maximum atomic E-state index is 13.6. The number of aryl methyl sites for hydroxylation is 2. The van der Waals surface area contributed by atoms with Crippen molar-refractivity contribution >= 4 is 34.6 Å². The summed E-state index contributed by atoms with van der Waals surface area (Å²) in [5, 5.41) is 9.14. The van der Waals surface area contributed by atoms with E-state index in [0.717, 1.165) is 58.0 Å². The average molecular weight is 418 g/mol. The third-order valence-electron chi connectivity index (χ3n) is 6.29. The van der Waals surface area contributed by atoms with Gasteiger partial charge in [-0.1, -0.05) is 23.7 Å². The number of aromatic nitrogens is 3. The lowest BCUT2D eigenvalue weighted by Gasteiger charge is -2.29. The monoisotopic (exact) mass is 417 g/mol. The van der Waals surface area contributed by atoms with Crippen LogP contribution in [0.25, 0.3) is 5.65 Å². The largest absolute Gasteiger partial charge is 0.295 e. The Balaban J connectivity index is 1.54. The molecule has 2 aliphatic heterocycles. The van der Waals surface area contributed by atoms with Gasteiger partial charge in [-0.2, -0.15) is 0 Å². The molecule has 2 aromatic heterocycles. The molecule has 1 aromatic carbocycles. The number of halogens is 1. The Morgan fingerprint density at radius 3 is 2.60 bits per heavy atom. The quantitative estimate of drug-likeness (QED) is 0.640. The molecule has 1 aliphatic carbocycles. The molecule has 0 N–H and O–H groups in total. The van der Waals surface area contributed by atoms with Crippen LogP contribution in [0.5, 0.6) is 0 Å². The number of aliphatic imine (C=N–C) groups is 1. The summed E-state index contributed by atoms with van der Waals surface area (Å²) in [6.45, 7) is 4.40. The molecule has 1 unspecified atom stereocenters. The number of pyridine rings is 1. The van der Waals surface area contributed by atoms with Crippen molar-refractivity contribution in [1.29, 1.82) is 0 Å². The maximum Gasteiger partial charge on any atom is 0.257 e. The Morgan fingerprint density at radius 2 is 1.87 bits per heavy atom. The van der Waals surface area contributed by atoms with Crippen molar-refractivity contribution in [3.63, 3.8) is 0 Å². The minimum atomic E-state index is -0.194. The van der Waals surface area contributed by atoms with Crippen molar-refractivity contribution in [2.24, 2.45) is 10.9 Å². The van der Waals surface area contributed by atoms with Gasteiger partial charge in [-0.15, -0.1) is 10.2 Å². The van der Waals surface area contributed by atoms with E-state index in [2.05, 4.69) is 10.2 Å². The Labute approximate surface area is 178 Å². The second-order valence-corrected chi connectivity index (χ2v) is 8.76. The molecule has 0 radical (unpaired) electrons. The lowest BCUT2D eigenvalue weighted by molar-refractivity contribution is -0.114. The normalized spacial score (nSPS) is 21.0. The van der Waals surface area contributed by atoms with Gasteiger partial charge in [0.1, 0.15) is 5.82 Å². The molecular weight excluding hydrogens is 398 g/mol. The zero-order valence-corrected chi connectivity index (χ0v) is 17.5. The number of hydrogen-bond acceptors (Lipinski definition) is 4. The highest BCUT2D eigenvalue weighted by Crippen LogP contribution is 2.48. The number of hydrogen-bond donors (Lipinski definition) is 0. The summed E-state index contributed by atoms with van der Waals surface area (Å²) in [5.41, 5.74) is 6.74. The van der Waals surface area contributed by atoms with E-state index in [9.17, 15) is 4.79 Å². The zero-order chi connectivity index (χ0) is 20.6. The summed E-state index contributed by atoms with van der Waals surface area (Å²) in [6.07, 6.45) is 4.28. The van der Waals surface area contributed by atoms with E-state index in [1.165, 1.54) is 0 Å². The molecule has 6 rings (SSSR count). The highest BCUT2D eigenvalue weighted by Gasteiger charge is 2.48. The van der Waals surface area contributed by atoms with Crippen LogP contribution in [0.1, 0.15) is 35.8 Å². The molecule has 1 amide bonds. The van der Waals surface area contributed by atoms with Gasteiger partial charge in [-0.25, -0.2) is 0 Å². The number of nitrogens with zero attached hydrogens (tertiary/aromatic N) is 5. The van der Waals surface area contributed by atoms with Gasteiger partial charge in [0, 0.05) is 34.0 Å². The summed E-state index contributed by atoms with van der Waals surface area (Å²) < 4.78 is 1.95. The van der Waals surface area contributed by atoms with Crippen LogP contribution in [-0.2, 0) is 4.79 Å². The van der Waals surface area contributed by atoms with Gasteiger partial charge in [0.25, 0.3) is 5.91 Å². The van der Waals surface area contributed by atoms with Gasteiger partial charge in [0.2, 0.25) is 0 Å². The Hall–Kier alpha value is -2.99. The van der Waals surface area contributed by atoms with Crippen molar-refractivity contribution in [2.75, 3.05) is 11.4 Å². The first-order chi connectivity index (χ1) is 14.5. The predicted molar refractivity (Wildman–Crippen MR) is 116 cm³/mol. The van der Waals surface area contributed by atoms with E-state index in [4.69, 9.17) is 16.6 Å². The van der Waals surface area contributed by atoms with E-state index >= 15 is 0 Å². The van der Waals surface area contributed by atoms with Crippen molar-refractivity contribution in [2.45, 2.75) is 32.7 Å². The van der Waals surface area contributed by atoms with Gasteiger partial charge >= 0.3 is 0 Å². The maximum absolute atomic E-state index is 13.6. The predicted octanol–water partition coefficient (Wildman–Crippen LogP) is 4.25. The van der Waals surface area contributed by atoms with Crippen LogP contribution in [0.2, 0.25) is 5.02 Å². The smallest absolute Gasteiger partial charge is 0.257 e. The third-order valence-corrected chi connectivity index (χ3v) is 6.54. The molecule has 4 heterocycles. The Kier molecular flexibility index (Phi) is 3.72. The SMILES string of the molecule is Cc1cc(N2C(=O)C3=C(C(C4CC4)=NC3)C2c2ccc(Cl)cc2)cn2c(C)nnc12. The fourth-order valence-corrected chi connectivity index (χ4v) is 4.81. The van der Waals surface area contributed by atoms with Crippen LogP contribution in [0, 0.1) is 19.8 Å². The van der Waals surface area contributed by atoms with Crippen LogP contribution < -0.4 is 4.90 Å². The lowest BCUT2D eigenvalue weighted by atomic mass is 9.93. The molecule has 1 fully saturated rings. The number of carbonyl (C=O) groups is 1. The molecule has 6 nitrogen and oxygen atoms in total. The van der Waals surface area contributed by atoms with Crippen LogP contribution in [0.3, 0.4) is 0 Å². The van der Waals surface area contributed by atoms with Crippen LogP contribution in [0.15, 0.2) is 52.7 Å². The van der Waals surface area contributed by atoms with Crippen molar-refractivity contribution in [1.82, 2.24) is 14.6 Å². The summed E-state index contributed by atoms with van der Waals surface area (Å²) in [7, 11) is 0. The molecule has 7 heteroatoms. The Bertz CT molecular complexity index is 1280. The molecule has 0 bridgehead atoms. The second-order valence-electron chi connectivity index (χ2n) is 8.32. The van der Waals surface area contributed by atoms with E-state index in [0.29, 0.717) is 17.5 Å². The molecular formula is C23H20ClN5O. The molecule has 150 valence electrons. The molecule has 0 saturated heterocycles. The number of rotatable bonds is 3. The van der Waals surface area contributed by atoms with E-state index in [1.807, 2.05) is 59.7 Å². The molecule has 3 aromatic rings. The molecule has 0 spiro atoms. The molecule has 1 atom stereocenters. The van der Waals surface area contributed by atoms with Crippen LogP contribution in [0.4, 0.5) is 5.69 Å². The molecule has 3 aliphatic rings. The Morgan fingerprint density at radius 1 is 1.10 bits per heavy atom. The first kappa shape index (κ1) is 17.8. The van der Waals surface area contributed by atoms with Crippen molar-refractivity contribution in [3.05, 3.63) is 69.6 Å². The number of benzene rings is 1. The van der Waals surface area contributed by atoms with E-state index in [-0.39, 0.29) is 11.9 Å². The zero-order valence-electron chi connectivity index (χ0n) is 16.8. The molecule has 1 saturated carbocycles. The van der Waals surface area contributed by atoms with Gasteiger partial charge in [-0.05, 0) is 56.0 Å². The van der Waals surface area contributed by atoms with Gasteiger partial charge < -0.3 is 0 Å². The average Bonchev–Trinajstić information content (AvgIpc) is 3.27. The second kappa shape index (κ2) is 6.25. The van der Waals surface area contributed by atoms with Crippen LogP contribution in [-0.4, -0.2) is 32.8 Å². The summed E-state index contributed by atoms with van der Waals surface area (Å²) in [6, 6.07) is 9.64. The summed E-state index contributed by atoms with van der Waals surface area (Å²) >= 11 is 6.16. The van der Waals surface area contributed by atoms with E-state index in [1.54, 1.807) is 0 Å². The highest BCUT2D eigenvalue weighted by molar-refractivity contribution is 6.30. The standard InChI is InChI=1S/C23H20ClN5O/c1-12-9-17(11-28-13(2)26-27-22(12)28)29-21(15-5-7-16(24)8-6-15)19-18(23(29)30)10-25-20(19)14-3-4-14/h5-9,11,14,21H,3-4,10H2,1-2H3. The fraction of sp³-hybridized carbons (Fsp3) is 0.304. The topological polar surface area (TPSA) is 62.9 Å². The summed E-state index contributed by atoms with van der Waals surface area (Å²) in [4.78, 5) is 20.3. The third kappa shape index (κ3) is 2.50. The highest BCUT2D eigenvalue weighted by atomic mass is 35.5. The van der Waals surface area contributed by atoms with Crippen molar-refractivity contribution in [3.8, 4) is 0 Å². The first-order valence-corrected chi connectivity index (χ1v) is 10.6. The van der Waals surface area contributed by atoms with E-state index < -0.39 is 0 Å². The number of amides is 1. The summed E-state index contributed by atoms with van der Waals surface area (Å²) in [5.74, 6) is 1.32. The van der Waals surface area contributed by atoms with Crippen LogP contribution >= 0.6 is 11.6 Å². The molecule has 30 heavy (non-hydrogen) atoms. The minimum absolute atomic E-state index is 0.0360.